The second-order valence-electron chi connectivity index (χ2n) is 7.67. The monoisotopic (exact) mass is 490 g/mol. The second kappa shape index (κ2) is 12.0. The lowest BCUT2D eigenvalue weighted by atomic mass is 10.2. The number of aromatic amines is 1. The summed E-state index contributed by atoms with van der Waals surface area (Å²) in [6.07, 6.45) is 5.65. The number of thiophene rings is 1. The van der Waals surface area contributed by atoms with Crippen molar-refractivity contribution in [3.63, 3.8) is 0 Å². The molecule has 0 saturated carbocycles. The summed E-state index contributed by atoms with van der Waals surface area (Å²) in [5, 5.41) is 3.91. The van der Waals surface area contributed by atoms with E-state index in [9.17, 15) is 14.4 Å². The lowest BCUT2D eigenvalue weighted by Crippen LogP contribution is -2.41. The molecule has 178 valence electrons. The number of nitrogens with one attached hydrogen (secondary N) is 1. The van der Waals surface area contributed by atoms with Crippen LogP contribution in [0.3, 0.4) is 0 Å². The van der Waals surface area contributed by atoms with E-state index in [1.165, 1.54) is 9.47 Å². The van der Waals surface area contributed by atoms with Crippen LogP contribution in [0.1, 0.15) is 52.4 Å². The number of thioether (sulfide) groups is 1. The molecular formula is C22H30N6O3S2. The van der Waals surface area contributed by atoms with Gasteiger partial charge in [0.15, 0.2) is 5.69 Å². The van der Waals surface area contributed by atoms with Crippen LogP contribution < -0.4 is 21.9 Å². The number of carbonyl (C=O) groups excluding carboxylic acids is 1. The van der Waals surface area contributed by atoms with Crippen molar-refractivity contribution in [3.8, 4) is 0 Å². The van der Waals surface area contributed by atoms with E-state index in [-0.39, 0.29) is 23.8 Å². The van der Waals surface area contributed by atoms with E-state index in [1.54, 1.807) is 29.4 Å². The van der Waals surface area contributed by atoms with Crippen LogP contribution >= 0.6 is 23.1 Å². The van der Waals surface area contributed by atoms with Crippen LogP contribution in [-0.4, -0.2) is 37.7 Å². The zero-order chi connectivity index (χ0) is 23.8. The van der Waals surface area contributed by atoms with Gasteiger partial charge in [-0.3, -0.25) is 19.1 Å². The molecule has 0 radical (unpaired) electrons. The van der Waals surface area contributed by atoms with Crippen LogP contribution in [0, 0.1) is 0 Å². The minimum absolute atomic E-state index is 0.0527. The summed E-state index contributed by atoms with van der Waals surface area (Å²) in [5.41, 5.74) is 5.15. The summed E-state index contributed by atoms with van der Waals surface area (Å²) in [6, 6.07) is 2.00. The van der Waals surface area contributed by atoms with Gasteiger partial charge in [-0.05, 0) is 30.7 Å². The molecule has 3 aromatic rings. The number of nitrogens with zero attached hydrogens (tertiary/aromatic N) is 4. The first-order valence-electron chi connectivity index (χ1n) is 11.2. The van der Waals surface area contributed by atoms with E-state index in [0.29, 0.717) is 25.3 Å². The highest BCUT2D eigenvalue weighted by atomic mass is 32.2. The topological polar surface area (TPSA) is 127 Å². The van der Waals surface area contributed by atoms with Crippen molar-refractivity contribution in [2.24, 2.45) is 0 Å². The number of nitrogens with two attached hydrogens (primary N) is 1. The lowest BCUT2D eigenvalue weighted by Gasteiger charge is -2.24. The van der Waals surface area contributed by atoms with Crippen LogP contribution in [0.2, 0.25) is 0 Å². The van der Waals surface area contributed by atoms with E-state index in [1.807, 2.05) is 25.3 Å². The Morgan fingerprint density at radius 2 is 2.00 bits per heavy atom. The van der Waals surface area contributed by atoms with Gasteiger partial charge >= 0.3 is 5.69 Å². The third kappa shape index (κ3) is 6.02. The first-order chi connectivity index (χ1) is 16.0. The minimum Gasteiger partial charge on any atom is -0.383 e. The summed E-state index contributed by atoms with van der Waals surface area (Å²) in [6.45, 7) is 4.80. The van der Waals surface area contributed by atoms with Gasteiger partial charge in [-0.15, -0.1) is 23.1 Å². The molecule has 0 fully saturated rings. The van der Waals surface area contributed by atoms with Gasteiger partial charge in [-0.25, -0.2) is 14.8 Å². The molecule has 0 aromatic carbocycles. The number of fused-ring (bicyclic) bond motifs is 1. The number of H-pyrrole nitrogens is 1. The summed E-state index contributed by atoms with van der Waals surface area (Å²) in [4.78, 5) is 51.4. The van der Waals surface area contributed by atoms with Crippen LogP contribution in [0.5, 0.6) is 0 Å². The third-order valence-electron chi connectivity index (χ3n) is 5.25. The Kier molecular flexibility index (Phi) is 9.07. The van der Waals surface area contributed by atoms with E-state index in [4.69, 9.17) is 5.73 Å². The van der Waals surface area contributed by atoms with Gasteiger partial charge in [0.25, 0.3) is 5.56 Å². The molecule has 0 aliphatic carbocycles. The summed E-state index contributed by atoms with van der Waals surface area (Å²) < 4.78 is 1.35. The Balaban J connectivity index is 1.73. The SMILES string of the molecule is CCCCN(C(=O)CCCSc1ncnc2sccc12)c1c(N)n(CCCC)c(=O)[nH]c1=O. The fraction of sp³-hybridized carbons (Fsp3) is 0.500. The van der Waals surface area contributed by atoms with Crippen LogP contribution in [0.15, 0.2) is 32.4 Å². The number of hydrogen-bond donors (Lipinski definition) is 2. The van der Waals surface area contributed by atoms with Crippen molar-refractivity contribution in [1.29, 1.82) is 0 Å². The summed E-state index contributed by atoms with van der Waals surface area (Å²) in [5.74, 6) is 0.583. The molecule has 1 amide bonds. The van der Waals surface area contributed by atoms with Gasteiger partial charge in [0.2, 0.25) is 5.91 Å². The largest absolute Gasteiger partial charge is 0.383 e. The molecule has 0 spiro atoms. The van der Waals surface area contributed by atoms with E-state index < -0.39 is 11.2 Å². The first kappa shape index (κ1) is 25.0. The van der Waals surface area contributed by atoms with Crippen LogP contribution in [-0.2, 0) is 11.3 Å². The van der Waals surface area contributed by atoms with Crippen molar-refractivity contribution in [3.05, 3.63) is 38.6 Å². The highest BCUT2D eigenvalue weighted by Crippen LogP contribution is 2.28. The number of unbranched alkanes of at least 4 members (excludes halogenated alkanes) is 2. The lowest BCUT2D eigenvalue weighted by molar-refractivity contribution is -0.118. The van der Waals surface area contributed by atoms with Crippen LogP contribution in [0.4, 0.5) is 11.5 Å². The Labute approximate surface area is 200 Å². The average Bonchev–Trinajstić information content (AvgIpc) is 3.28. The number of rotatable bonds is 12. The number of carbonyl (C=O) groups is 1. The highest BCUT2D eigenvalue weighted by Gasteiger charge is 2.23. The predicted molar refractivity (Wildman–Crippen MR) is 135 cm³/mol. The van der Waals surface area contributed by atoms with E-state index in [2.05, 4.69) is 15.0 Å². The van der Waals surface area contributed by atoms with Gasteiger partial charge in [0.05, 0.1) is 0 Å². The maximum absolute atomic E-state index is 13.1. The first-order valence-corrected chi connectivity index (χ1v) is 13.1. The number of nitrogen functional groups attached to an aromatic ring is 1. The molecule has 0 aliphatic rings. The van der Waals surface area contributed by atoms with Crippen LogP contribution in [0.25, 0.3) is 10.2 Å². The van der Waals surface area contributed by atoms with Gasteiger partial charge in [0.1, 0.15) is 22.0 Å². The standard InChI is InChI=1S/C22H30N6O3S2/c1-3-5-10-27(17-18(23)28(11-6-4-2)22(31)26-19(17)30)16(29)8-7-12-32-20-15-9-13-33-21(15)25-14-24-20/h9,13-14H,3-8,10-12,23H2,1-2H3,(H,26,30,31). The molecule has 0 atom stereocenters. The molecular weight excluding hydrogens is 460 g/mol. The fourth-order valence-electron chi connectivity index (χ4n) is 3.46. The molecule has 3 aromatic heterocycles. The number of aromatic nitrogens is 4. The molecule has 3 heterocycles. The third-order valence-corrected chi connectivity index (χ3v) is 7.17. The van der Waals surface area contributed by atoms with Gasteiger partial charge < -0.3 is 10.6 Å². The van der Waals surface area contributed by atoms with Gasteiger partial charge in [0, 0.05) is 30.6 Å². The molecule has 3 N–H and O–H groups in total. The Hall–Kier alpha value is -2.66. The van der Waals surface area contributed by atoms with E-state index >= 15 is 0 Å². The molecule has 9 nitrogen and oxygen atoms in total. The number of anilines is 2. The predicted octanol–water partition coefficient (Wildman–Crippen LogP) is 3.63. The maximum atomic E-state index is 13.1. The minimum atomic E-state index is -0.620. The normalized spacial score (nSPS) is 11.2. The zero-order valence-electron chi connectivity index (χ0n) is 19.0. The maximum Gasteiger partial charge on any atom is 0.330 e. The quantitative estimate of drug-likeness (QED) is 0.225. The van der Waals surface area contributed by atoms with Crippen molar-refractivity contribution in [2.45, 2.75) is 63.9 Å². The summed E-state index contributed by atoms with van der Waals surface area (Å²) in [7, 11) is 0. The molecule has 0 aliphatic heterocycles. The summed E-state index contributed by atoms with van der Waals surface area (Å²) >= 11 is 3.16. The van der Waals surface area contributed by atoms with Gasteiger partial charge in [-0.1, -0.05) is 26.7 Å². The van der Waals surface area contributed by atoms with Crippen molar-refractivity contribution in [2.75, 3.05) is 22.9 Å². The number of amides is 1. The average molecular weight is 491 g/mol. The smallest absolute Gasteiger partial charge is 0.330 e. The molecule has 11 heteroatoms. The fourth-order valence-corrected chi connectivity index (χ4v) is 5.18. The number of hydrogen-bond acceptors (Lipinski definition) is 8. The Morgan fingerprint density at radius 3 is 2.76 bits per heavy atom. The molecule has 3 rings (SSSR count). The Bertz CT molecular complexity index is 1200. The zero-order valence-corrected chi connectivity index (χ0v) is 20.6. The van der Waals surface area contributed by atoms with Crippen molar-refractivity contribution in [1.82, 2.24) is 19.5 Å². The highest BCUT2D eigenvalue weighted by molar-refractivity contribution is 7.99. The molecule has 33 heavy (non-hydrogen) atoms. The molecule has 0 saturated heterocycles. The van der Waals surface area contributed by atoms with Gasteiger partial charge in [-0.2, -0.15) is 0 Å². The second-order valence-corrected chi connectivity index (χ2v) is 9.65. The van der Waals surface area contributed by atoms with Crippen molar-refractivity contribution >= 4 is 50.7 Å². The molecule has 0 bridgehead atoms. The van der Waals surface area contributed by atoms with Crippen molar-refractivity contribution < 1.29 is 4.79 Å². The van der Waals surface area contributed by atoms with E-state index in [0.717, 1.165) is 40.9 Å². The molecule has 0 unspecified atom stereocenters. The Morgan fingerprint density at radius 1 is 1.21 bits per heavy atom.